The Bertz CT molecular complexity index is 1050. The second kappa shape index (κ2) is 11.6. The molecular formula is C22H30N8O5. The second-order valence-electron chi connectivity index (χ2n) is 7.96. The minimum absolute atomic E-state index is 0.126. The maximum absolute atomic E-state index is 10.4. The van der Waals surface area contributed by atoms with E-state index in [4.69, 9.17) is 16.6 Å². The highest BCUT2D eigenvalue weighted by atomic mass is 16.4. The summed E-state index contributed by atoms with van der Waals surface area (Å²) in [5.41, 5.74) is 14.0. The predicted octanol–water partition coefficient (Wildman–Crippen LogP) is -0.605. The molecule has 0 aliphatic carbocycles. The van der Waals surface area contributed by atoms with E-state index in [1.165, 1.54) is 4.90 Å². The number of nitrogens with zero attached hydrogens (tertiary/aromatic N) is 4. The van der Waals surface area contributed by atoms with Gasteiger partial charge in [0.1, 0.15) is 24.4 Å². The molecular weight excluding hydrogens is 456 g/mol. The highest BCUT2D eigenvalue weighted by Crippen LogP contribution is 2.22. The molecule has 0 spiro atoms. The molecule has 0 fully saturated rings. The Morgan fingerprint density at radius 1 is 0.800 bits per heavy atom. The topological polar surface area (TPSA) is 219 Å². The average molecular weight is 487 g/mol. The smallest absolute Gasteiger partial charge is 0.233 e. The quantitative estimate of drug-likeness (QED) is 0.155. The van der Waals surface area contributed by atoms with Crippen LogP contribution in [0.5, 0.6) is 0 Å². The van der Waals surface area contributed by atoms with E-state index in [1.54, 1.807) is 55.6 Å². The summed E-state index contributed by atoms with van der Waals surface area (Å²) < 4.78 is 0. The lowest BCUT2D eigenvalue weighted by atomic mass is 10.0. The van der Waals surface area contributed by atoms with E-state index in [-0.39, 0.29) is 24.4 Å². The molecule has 3 aromatic rings. The third-order valence-corrected chi connectivity index (χ3v) is 5.04. The number of likely N-dealkylation sites (N-methyl/N-ethyl adjacent to an activating group) is 1. The number of nitrogens with one attached hydrogen (secondary N) is 2. The SMILES string of the molecule is CN(C[C@H](O)[C@@H](O)[C@H](O)C(O)CO)c1nc(Nc2cccc(N)c2)nc(Nc2cccc(N)c2)n1. The maximum atomic E-state index is 10.4. The van der Waals surface area contributed by atoms with Crippen LogP contribution in [-0.2, 0) is 0 Å². The van der Waals surface area contributed by atoms with Crippen molar-refractivity contribution in [1.29, 1.82) is 0 Å². The van der Waals surface area contributed by atoms with Crippen LogP contribution in [0.1, 0.15) is 0 Å². The summed E-state index contributed by atoms with van der Waals surface area (Å²) in [6, 6.07) is 14.0. The fourth-order valence-corrected chi connectivity index (χ4v) is 3.17. The van der Waals surface area contributed by atoms with Gasteiger partial charge in [-0.25, -0.2) is 0 Å². The van der Waals surface area contributed by atoms with Crippen LogP contribution in [-0.4, -0.2) is 85.1 Å². The second-order valence-corrected chi connectivity index (χ2v) is 7.96. The lowest BCUT2D eigenvalue weighted by molar-refractivity contribution is -0.112. The normalized spacial score (nSPS) is 14.6. The zero-order valence-corrected chi connectivity index (χ0v) is 19.0. The van der Waals surface area contributed by atoms with Crippen molar-refractivity contribution in [3.63, 3.8) is 0 Å². The molecule has 188 valence electrons. The first kappa shape index (κ1) is 25.9. The van der Waals surface area contributed by atoms with Crippen LogP contribution in [0.2, 0.25) is 0 Å². The van der Waals surface area contributed by atoms with Crippen molar-refractivity contribution in [3.8, 4) is 0 Å². The number of nitrogen functional groups attached to an aromatic ring is 2. The fraction of sp³-hybridized carbons (Fsp3) is 0.318. The number of benzene rings is 2. The summed E-state index contributed by atoms with van der Waals surface area (Å²) in [7, 11) is 1.56. The summed E-state index contributed by atoms with van der Waals surface area (Å²) in [6.07, 6.45) is -6.58. The van der Waals surface area contributed by atoms with Gasteiger partial charge in [0.2, 0.25) is 17.8 Å². The lowest BCUT2D eigenvalue weighted by Gasteiger charge is -2.28. The van der Waals surface area contributed by atoms with Gasteiger partial charge in [-0.2, -0.15) is 15.0 Å². The van der Waals surface area contributed by atoms with Crippen molar-refractivity contribution in [1.82, 2.24) is 15.0 Å². The van der Waals surface area contributed by atoms with Crippen LogP contribution in [0.15, 0.2) is 48.5 Å². The summed E-state index contributed by atoms with van der Waals surface area (Å²) in [4.78, 5) is 14.5. The van der Waals surface area contributed by atoms with Crippen LogP contribution in [0.25, 0.3) is 0 Å². The lowest BCUT2D eigenvalue weighted by Crippen LogP contribution is -2.49. The first-order valence-corrected chi connectivity index (χ1v) is 10.7. The molecule has 0 aliphatic rings. The molecule has 1 unspecified atom stereocenters. The van der Waals surface area contributed by atoms with Crippen molar-refractivity contribution in [3.05, 3.63) is 48.5 Å². The Morgan fingerprint density at radius 3 is 1.74 bits per heavy atom. The molecule has 35 heavy (non-hydrogen) atoms. The molecule has 0 bridgehead atoms. The standard InChI is InChI=1S/C22H30N8O5/c1-30(10-16(32)18(34)19(35)17(33)11-31)22-28-20(25-14-6-2-4-12(23)8-14)27-21(29-22)26-15-7-3-5-13(24)9-15/h2-9,16-19,31-35H,10-11,23-24H2,1H3,(H2,25,26,27,28,29)/t16-,17?,18+,19+/m0/s1. The molecule has 0 saturated carbocycles. The number of anilines is 7. The predicted molar refractivity (Wildman–Crippen MR) is 132 cm³/mol. The summed E-state index contributed by atoms with van der Waals surface area (Å²) in [6.45, 7) is -0.984. The molecule has 1 aromatic heterocycles. The maximum Gasteiger partial charge on any atom is 0.233 e. The zero-order valence-electron chi connectivity index (χ0n) is 19.0. The minimum atomic E-state index is -1.75. The van der Waals surface area contributed by atoms with Crippen LogP contribution < -0.4 is 27.0 Å². The number of aliphatic hydroxyl groups excluding tert-OH is 5. The van der Waals surface area contributed by atoms with Crippen molar-refractivity contribution >= 4 is 40.6 Å². The molecule has 0 saturated heterocycles. The Hall–Kier alpha value is -3.75. The van der Waals surface area contributed by atoms with E-state index in [9.17, 15) is 20.4 Å². The number of rotatable bonds is 11. The van der Waals surface area contributed by atoms with Crippen LogP contribution >= 0.6 is 0 Å². The first-order chi connectivity index (χ1) is 16.7. The molecule has 1 heterocycles. The summed E-state index contributed by atoms with van der Waals surface area (Å²) in [5, 5.41) is 55.0. The van der Waals surface area contributed by atoms with E-state index < -0.39 is 31.0 Å². The molecule has 13 heteroatoms. The van der Waals surface area contributed by atoms with Gasteiger partial charge in [0, 0.05) is 36.3 Å². The highest BCUT2D eigenvalue weighted by molar-refractivity contribution is 5.63. The van der Waals surface area contributed by atoms with Gasteiger partial charge in [-0.1, -0.05) is 12.1 Å². The highest BCUT2D eigenvalue weighted by Gasteiger charge is 2.31. The monoisotopic (exact) mass is 486 g/mol. The molecule has 0 aliphatic heterocycles. The van der Waals surface area contributed by atoms with Gasteiger partial charge in [0.05, 0.1) is 6.61 Å². The molecule has 3 rings (SSSR count). The van der Waals surface area contributed by atoms with Crippen LogP contribution in [0.3, 0.4) is 0 Å². The fourth-order valence-electron chi connectivity index (χ4n) is 3.17. The van der Waals surface area contributed by atoms with E-state index in [2.05, 4.69) is 25.6 Å². The van der Waals surface area contributed by atoms with Crippen molar-refractivity contribution in [2.75, 3.05) is 47.2 Å². The number of hydrogen-bond acceptors (Lipinski definition) is 13. The summed E-state index contributed by atoms with van der Waals surface area (Å²) in [5.74, 6) is 0.468. The van der Waals surface area contributed by atoms with Gasteiger partial charge >= 0.3 is 0 Å². The van der Waals surface area contributed by atoms with Gasteiger partial charge in [0.25, 0.3) is 0 Å². The van der Waals surface area contributed by atoms with E-state index in [0.717, 1.165) is 0 Å². The zero-order chi connectivity index (χ0) is 25.5. The Kier molecular flexibility index (Phi) is 8.57. The molecule has 11 N–H and O–H groups in total. The molecule has 0 radical (unpaired) electrons. The third-order valence-electron chi connectivity index (χ3n) is 5.04. The number of aliphatic hydroxyl groups is 5. The van der Waals surface area contributed by atoms with Crippen molar-refractivity contribution in [2.45, 2.75) is 24.4 Å². The van der Waals surface area contributed by atoms with Crippen molar-refractivity contribution < 1.29 is 25.5 Å². The Labute approximate surface area is 201 Å². The Morgan fingerprint density at radius 2 is 1.29 bits per heavy atom. The Balaban J connectivity index is 1.86. The number of hydrogen-bond donors (Lipinski definition) is 9. The number of aromatic nitrogens is 3. The van der Waals surface area contributed by atoms with Crippen molar-refractivity contribution in [2.24, 2.45) is 0 Å². The van der Waals surface area contributed by atoms with E-state index in [0.29, 0.717) is 22.7 Å². The van der Waals surface area contributed by atoms with E-state index >= 15 is 0 Å². The summed E-state index contributed by atoms with van der Waals surface area (Å²) >= 11 is 0. The van der Waals surface area contributed by atoms with Gasteiger partial charge in [-0.3, -0.25) is 0 Å². The van der Waals surface area contributed by atoms with Gasteiger partial charge < -0.3 is 52.5 Å². The molecule has 0 amide bonds. The van der Waals surface area contributed by atoms with Gasteiger partial charge in [0.15, 0.2) is 0 Å². The minimum Gasteiger partial charge on any atom is -0.399 e. The van der Waals surface area contributed by atoms with E-state index in [1.807, 2.05) is 0 Å². The number of nitrogens with two attached hydrogens (primary N) is 2. The average Bonchev–Trinajstić information content (AvgIpc) is 2.82. The molecule has 13 nitrogen and oxygen atoms in total. The van der Waals surface area contributed by atoms with Gasteiger partial charge in [-0.05, 0) is 36.4 Å². The largest absolute Gasteiger partial charge is 0.399 e. The third kappa shape index (κ3) is 7.11. The van der Waals surface area contributed by atoms with Crippen LogP contribution in [0.4, 0.5) is 40.6 Å². The first-order valence-electron chi connectivity index (χ1n) is 10.7. The molecule has 4 atom stereocenters. The molecule has 2 aromatic carbocycles. The van der Waals surface area contributed by atoms with Gasteiger partial charge in [-0.15, -0.1) is 0 Å². The van der Waals surface area contributed by atoms with Crippen LogP contribution in [0, 0.1) is 0 Å².